The number of halogens is 3. The summed E-state index contributed by atoms with van der Waals surface area (Å²) in [5.74, 6) is -0.164. The van der Waals surface area contributed by atoms with Crippen molar-refractivity contribution in [2.24, 2.45) is 0 Å². The maximum Gasteiger partial charge on any atom is 0.416 e. The average molecular weight is 391 g/mol. The van der Waals surface area contributed by atoms with Gasteiger partial charge in [0.2, 0.25) is 0 Å². The molecule has 0 saturated carbocycles. The van der Waals surface area contributed by atoms with Crippen LogP contribution in [-0.2, 0) is 11.0 Å². The van der Waals surface area contributed by atoms with Gasteiger partial charge in [-0.1, -0.05) is 36.4 Å². The summed E-state index contributed by atoms with van der Waals surface area (Å²) in [4.78, 5) is 13.3. The highest BCUT2D eigenvalue weighted by Crippen LogP contribution is 2.30. The molecule has 0 fully saturated rings. The molecule has 0 aliphatic heterocycles. The summed E-state index contributed by atoms with van der Waals surface area (Å²) in [6.45, 7) is -0.292. The number of carbonyl (C=O) groups is 1. The van der Waals surface area contributed by atoms with Crippen LogP contribution in [0.25, 0.3) is 0 Å². The van der Waals surface area contributed by atoms with Crippen LogP contribution in [0, 0.1) is 0 Å². The summed E-state index contributed by atoms with van der Waals surface area (Å²) in [7, 11) is 0. The maximum atomic E-state index is 12.6. The van der Waals surface area contributed by atoms with Crippen LogP contribution in [0.2, 0.25) is 0 Å². The number of benzene rings is 2. The van der Waals surface area contributed by atoms with E-state index in [-0.39, 0.29) is 24.3 Å². The minimum absolute atomic E-state index is 0.200. The quantitative estimate of drug-likeness (QED) is 0.639. The van der Waals surface area contributed by atoms with E-state index in [4.69, 9.17) is 4.74 Å². The molecular weight excluding hydrogens is 375 g/mol. The summed E-state index contributed by atoms with van der Waals surface area (Å²) in [6, 6.07) is 17.3. The number of hydrogen-bond donors (Lipinski definition) is 1. The fourth-order valence-corrected chi connectivity index (χ4v) is 3.31. The topological polar surface area (TPSA) is 38.3 Å². The van der Waals surface area contributed by atoms with Crippen LogP contribution in [0.4, 0.5) is 13.2 Å². The van der Waals surface area contributed by atoms with Gasteiger partial charge in [-0.25, -0.2) is 0 Å². The van der Waals surface area contributed by atoms with E-state index in [2.05, 4.69) is 5.32 Å². The molecule has 0 radical (unpaired) electrons. The van der Waals surface area contributed by atoms with Gasteiger partial charge in [-0.2, -0.15) is 13.2 Å². The fraction of sp³-hybridized carbons (Fsp3) is 0.150. The Labute approximate surface area is 158 Å². The standard InChI is InChI=1S/C20H16F3NO2S/c21-20(22,23)15-8-10-16(11-9-15)26-13-18(25)24-19(17-7-4-12-27-17)14-5-2-1-3-6-14/h1-12,19H,13H2,(H,24,25)/t19-/m0/s1. The minimum Gasteiger partial charge on any atom is -0.484 e. The zero-order chi connectivity index (χ0) is 19.3. The second-order valence-electron chi connectivity index (χ2n) is 5.74. The number of amides is 1. The van der Waals surface area contributed by atoms with Crippen molar-refractivity contribution in [1.82, 2.24) is 5.32 Å². The number of carbonyl (C=O) groups excluding carboxylic acids is 1. The number of nitrogens with one attached hydrogen (secondary N) is 1. The van der Waals surface area contributed by atoms with Crippen LogP contribution < -0.4 is 10.1 Å². The number of thiophene rings is 1. The molecule has 7 heteroatoms. The third-order valence-electron chi connectivity index (χ3n) is 3.82. The van der Waals surface area contributed by atoms with Gasteiger partial charge in [-0.3, -0.25) is 4.79 Å². The molecule has 27 heavy (non-hydrogen) atoms. The first-order valence-corrected chi connectivity index (χ1v) is 8.99. The van der Waals surface area contributed by atoms with Gasteiger partial charge in [0, 0.05) is 4.88 Å². The van der Waals surface area contributed by atoms with E-state index in [1.54, 1.807) is 0 Å². The number of ether oxygens (including phenoxy) is 1. The van der Waals surface area contributed by atoms with Crippen LogP contribution >= 0.6 is 11.3 Å². The van der Waals surface area contributed by atoms with Crippen LogP contribution in [0.3, 0.4) is 0 Å². The van der Waals surface area contributed by atoms with Crippen LogP contribution in [0.5, 0.6) is 5.75 Å². The van der Waals surface area contributed by atoms with Gasteiger partial charge in [0.1, 0.15) is 5.75 Å². The van der Waals surface area contributed by atoms with E-state index in [1.165, 1.54) is 23.5 Å². The van der Waals surface area contributed by atoms with Crippen molar-refractivity contribution in [1.29, 1.82) is 0 Å². The minimum atomic E-state index is -4.40. The smallest absolute Gasteiger partial charge is 0.416 e. The Hall–Kier alpha value is -2.80. The Balaban J connectivity index is 1.63. The third kappa shape index (κ3) is 5.10. The number of alkyl halides is 3. The molecule has 3 rings (SSSR count). The Bertz CT molecular complexity index is 863. The molecule has 0 bridgehead atoms. The van der Waals surface area contributed by atoms with E-state index in [0.29, 0.717) is 0 Å². The Kier molecular flexibility index (Phi) is 5.81. The molecule has 1 amide bonds. The molecule has 1 N–H and O–H groups in total. The molecule has 140 valence electrons. The van der Waals surface area contributed by atoms with Crippen LogP contribution in [-0.4, -0.2) is 12.5 Å². The molecule has 3 aromatic rings. The van der Waals surface area contributed by atoms with Crippen molar-refractivity contribution < 1.29 is 22.7 Å². The van der Waals surface area contributed by atoms with Crippen molar-refractivity contribution >= 4 is 17.2 Å². The molecular formula is C20H16F3NO2S. The lowest BCUT2D eigenvalue weighted by molar-refractivity contribution is -0.137. The first-order valence-electron chi connectivity index (χ1n) is 8.11. The molecule has 1 atom stereocenters. The van der Waals surface area contributed by atoms with E-state index in [9.17, 15) is 18.0 Å². The van der Waals surface area contributed by atoms with Crippen LogP contribution in [0.15, 0.2) is 72.1 Å². The van der Waals surface area contributed by atoms with Gasteiger partial charge >= 0.3 is 6.18 Å². The van der Waals surface area contributed by atoms with Gasteiger partial charge in [-0.05, 0) is 41.3 Å². The highest BCUT2D eigenvalue weighted by Gasteiger charge is 2.30. The van der Waals surface area contributed by atoms with Gasteiger partial charge in [0.15, 0.2) is 6.61 Å². The highest BCUT2D eigenvalue weighted by molar-refractivity contribution is 7.10. The SMILES string of the molecule is O=C(COc1ccc(C(F)(F)F)cc1)N[C@@H](c1ccccc1)c1cccs1. The molecule has 2 aromatic carbocycles. The molecule has 1 aromatic heterocycles. The maximum absolute atomic E-state index is 12.6. The second kappa shape index (κ2) is 8.26. The number of rotatable bonds is 6. The summed E-state index contributed by atoms with van der Waals surface area (Å²) in [5, 5.41) is 4.83. The first-order chi connectivity index (χ1) is 12.9. The molecule has 0 saturated heterocycles. The van der Waals surface area contributed by atoms with E-state index < -0.39 is 11.7 Å². The number of hydrogen-bond acceptors (Lipinski definition) is 3. The highest BCUT2D eigenvalue weighted by atomic mass is 32.1. The molecule has 3 nitrogen and oxygen atoms in total. The van der Waals surface area contributed by atoms with Gasteiger partial charge < -0.3 is 10.1 Å². The molecule has 0 aliphatic rings. The van der Waals surface area contributed by atoms with Crippen molar-refractivity contribution in [3.8, 4) is 5.75 Å². The largest absolute Gasteiger partial charge is 0.484 e. The monoisotopic (exact) mass is 391 g/mol. The van der Waals surface area contributed by atoms with Crippen molar-refractivity contribution in [2.75, 3.05) is 6.61 Å². The lowest BCUT2D eigenvalue weighted by Crippen LogP contribution is -2.32. The van der Waals surface area contributed by atoms with Crippen molar-refractivity contribution in [3.63, 3.8) is 0 Å². The fourth-order valence-electron chi connectivity index (χ4n) is 2.51. The van der Waals surface area contributed by atoms with Gasteiger partial charge in [-0.15, -0.1) is 11.3 Å². The normalized spacial score (nSPS) is 12.4. The van der Waals surface area contributed by atoms with E-state index in [1.807, 2.05) is 47.8 Å². The predicted octanol–water partition coefficient (Wildman–Crippen LogP) is 5.05. The predicted molar refractivity (Wildman–Crippen MR) is 97.7 cm³/mol. The first kappa shape index (κ1) is 19.0. The molecule has 1 heterocycles. The van der Waals surface area contributed by atoms with Gasteiger partial charge in [0.25, 0.3) is 5.91 Å². The lowest BCUT2D eigenvalue weighted by Gasteiger charge is -2.18. The summed E-state index contributed by atoms with van der Waals surface area (Å²) >= 11 is 1.52. The van der Waals surface area contributed by atoms with Crippen molar-refractivity contribution in [2.45, 2.75) is 12.2 Å². The third-order valence-corrected chi connectivity index (χ3v) is 4.75. The molecule has 0 spiro atoms. The Morgan fingerprint density at radius 2 is 1.70 bits per heavy atom. The van der Waals surface area contributed by atoms with E-state index >= 15 is 0 Å². The zero-order valence-electron chi connectivity index (χ0n) is 14.1. The Morgan fingerprint density at radius 3 is 2.30 bits per heavy atom. The lowest BCUT2D eigenvalue weighted by atomic mass is 10.1. The van der Waals surface area contributed by atoms with E-state index in [0.717, 1.165) is 22.6 Å². The van der Waals surface area contributed by atoms with Gasteiger partial charge in [0.05, 0.1) is 11.6 Å². The molecule has 0 unspecified atom stereocenters. The zero-order valence-corrected chi connectivity index (χ0v) is 14.9. The average Bonchev–Trinajstić information content (AvgIpc) is 3.19. The second-order valence-corrected chi connectivity index (χ2v) is 6.72. The molecule has 0 aliphatic carbocycles. The summed E-state index contributed by atoms with van der Waals surface area (Å²) in [5.41, 5.74) is 0.170. The van der Waals surface area contributed by atoms with Crippen molar-refractivity contribution in [3.05, 3.63) is 88.1 Å². The summed E-state index contributed by atoms with van der Waals surface area (Å²) < 4.78 is 43.0. The summed E-state index contributed by atoms with van der Waals surface area (Å²) in [6.07, 6.45) is -4.40. The van der Waals surface area contributed by atoms with Crippen LogP contribution in [0.1, 0.15) is 22.0 Å². The Morgan fingerprint density at radius 1 is 1.00 bits per heavy atom.